The molecular formula is C21H26N4O2. The van der Waals surface area contributed by atoms with Crippen LogP contribution in [-0.2, 0) is 11.2 Å². The van der Waals surface area contributed by atoms with Crippen molar-refractivity contribution in [3.63, 3.8) is 0 Å². The fraction of sp³-hybridized carbons (Fsp3) is 0.333. The van der Waals surface area contributed by atoms with Crippen LogP contribution in [0.15, 0.2) is 53.6 Å². The number of carbonyl (C=O) groups is 1. The van der Waals surface area contributed by atoms with E-state index in [9.17, 15) is 4.79 Å². The molecule has 3 N–H and O–H groups in total. The van der Waals surface area contributed by atoms with Crippen LogP contribution >= 0.6 is 0 Å². The van der Waals surface area contributed by atoms with Gasteiger partial charge in [0.25, 0.3) is 5.91 Å². The van der Waals surface area contributed by atoms with E-state index in [1.165, 1.54) is 5.56 Å². The Kier molecular flexibility index (Phi) is 6.57. The van der Waals surface area contributed by atoms with E-state index >= 15 is 0 Å². The van der Waals surface area contributed by atoms with Crippen LogP contribution < -0.4 is 21.0 Å². The summed E-state index contributed by atoms with van der Waals surface area (Å²) in [5.41, 5.74) is 12.1. The van der Waals surface area contributed by atoms with E-state index in [2.05, 4.69) is 40.4 Å². The Morgan fingerprint density at radius 2 is 2.04 bits per heavy atom. The maximum Gasteiger partial charge on any atom is 0.258 e. The molecule has 27 heavy (non-hydrogen) atoms. The average molecular weight is 366 g/mol. The van der Waals surface area contributed by atoms with Gasteiger partial charge in [0, 0.05) is 6.04 Å². The smallest absolute Gasteiger partial charge is 0.258 e. The average Bonchev–Trinajstić information content (AvgIpc) is 3.19. The van der Waals surface area contributed by atoms with Gasteiger partial charge in [-0.1, -0.05) is 43.3 Å². The topological polar surface area (TPSA) is 74.8 Å². The van der Waals surface area contributed by atoms with Gasteiger partial charge >= 0.3 is 0 Å². The zero-order valence-corrected chi connectivity index (χ0v) is 15.7. The third kappa shape index (κ3) is 5.15. The summed E-state index contributed by atoms with van der Waals surface area (Å²) >= 11 is 0. The lowest BCUT2D eigenvalue weighted by Gasteiger charge is -2.11. The van der Waals surface area contributed by atoms with Gasteiger partial charge in [-0.15, -0.1) is 0 Å². The summed E-state index contributed by atoms with van der Waals surface area (Å²) in [6, 6.07) is 15.7. The van der Waals surface area contributed by atoms with Crippen LogP contribution in [0.1, 0.15) is 43.0 Å². The van der Waals surface area contributed by atoms with Crippen molar-refractivity contribution in [3.05, 3.63) is 65.2 Å². The van der Waals surface area contributed by atoms with Crippen molar-refractivity contribution < 1.29 is 9.53 Å². The molecule has 0 saturated carbocycles. The quantitative estimate of drug-likeness (QED) is 0.520. The third-order valence-corrected chi connectivity index (χ3v) is 4.57. The number of aryl methyl sites for hydroxylation is 1. The van der Waals surface area contributed by atoms with Crippen molar-refractivity contribution in [2.24, 2.45) is 5.10 Å². The van der Waals surface area contributed by atoms with Crippen molar-refractivity contribution in [1.82, 2.24) is 16.3 Å². The number of hydrazone groups is 1. The lowest BCUT2D eigenvalue weighted by atomic mass is 10.0. The Hall–Kier alpha value is -2.70. The molecule has 6 heteroatoms. The molecule has 0 aliphatic carbocycles. The molecule has 2 aromatic carbocycles. The lowest BCUT2D eigenvalue weighted by Crippen LogP contribution is -2.41. The number of amides is 1. The standard InChI is InChI=1S/C21H26N4O2/c1-3-15-8-10-16(11-9-15)14-22-25-21(26)20-13-19(23-24-20)17-6-5-7-18(12-17)27-4-2/h5-12,14,19-20,23-24H,3-4,13H2,1-2H3,(H,25,26)/b22-14+. The van der Waals surface area contributed by atoms with E-state index in [0.29, 0.717) is 13.0 Å². The Morgan fingerprint density at radius 1 is 1.22 bits per heavy atom. The number of nitrogens with zero attached hydrogens (tertiary/aromatic N) is 1. The molecule has 0 aromatic heterocycles. The highest BCUT2D eigenvalue weighted by atomic mass is 16.5. The Bertz CT molecular complexity index is 789. The normalized spacial score (nSPS) is 19.3. The third-order valence-electron chi connectivity index (χ3n) is 4.57. The monoisotopic (exact) mass is 366 g/mol. The fourth-order valence-corrected chi connectivity index (χ4v) is 3.02. The maximum absolute atomic E-state index is 12.3. The summed E-state index contributed by atoms with van der Waals surface area (Å²) in [6.45, 7) is 4.71. The molecule has 1 saturated heterocycles. The first-order chi connectivity index (χ1) is 13.2. The molecule has 1 aliphatic rings. The van der Waals surface area contributed by atoms with Gasteiger partial charge < -0.3 is 4.74 Å². The van der Waals surface area contributed by atoms with Crippen molar-refractivity contribution in [2.75, 3.05) is 6.61 Å². The SMILES string of the molecule is CCOc1cccc(C2CC(C(=O)N/N=C/c3ccc(CC)cc3)NN2)c1. The highest BCUT2D eigenvalue weighted by molar-refractivity contribution is 5.85. The molecule has 0 bridgehead atoms. The zero-order chi connectivity index (χ0) is 19.1. The Morgan fingerprint density at radius 3 is 2.78 bits per heavy atom. The van der Waals surface area contributed by atoms with Crippen LogP contribution in [0.2, 0.25) is 0 Å². The van der Waals surface area contributed by atoms with Gasteiger partial charge in [-0.25, -0.2) is 16.3 Å². The number of carbonyl (C=O) groups excluding carboxylic acids is 1. The molecule has 142 valence electrons. The van der Waals surface area contributed by atoms with Crippen LogP contribution in [0.5, 0.6) is 5.75 Å². The first-order valence-electron chi connectivity index (χ1n) is 9.35. The van der Waals surface area contributed by atoms with Crippen LogP contribution in [0.3, 0.4) is 0 Å². The van der Waals surface area contributed by atoms with Crippen LogP contribution in [0.25, 0.3) is 0 Å². The number of nitrogens with one attached hydrogen (secondary N) is 3. The number of benzene rings is 2. The van der Waals surface area contributed by atoms with E-state index in [0.717, 1.165) is 23.3 Å². The van der Waals surface area contributed by atoms with Gasteiger partial charge in [0.1, 0.15) is 11.8 Å². The predicted octanol–water partition coefficient (Wildman–Crippen LogP) is 2.71. The van der Waals surface area contributed by atoms with E-state index < -0.39 is 0 Å². The summed E-state index contributed by atoms with van der Waals surface area (Å²) in [4.78, 5) is 12.3. The van der Waals surface area contributed by atoms with Crippen LogP contribution in [-0.4, -0.2) is 24.8 Å². The molecule has 1 heterocycles. The second-order valence-corrected chi connectivity index (χ2v) is 6.46. The molecule has 1 amide bonds. The highest BCUT2D eigenvalue weighted by Gasteiger charge is 2.30. The first-order valence-corrected chi connectivity index (χ1v) is 9.35. The van der Waals surface area contributed by atoms with Gasteiger partial charge in [0.15, 0.2) is 0 Å². The minimum atomic E-state index is -0.342. The van der Waals surface area contributed by atoms with E-state index in [4.69, 9.17) is 4.74 Å². The molecule has 2 unspecified atom stereocenters. The summed E-state index contributed by atoms with van der Waals surface area (Å²) in [6.07, 6.45) is 3.30. The van der Waals surface area contributed by atoms with Gasteiger partial charge in [0.2, 0.25) is 0 Å². The first kappa shape index (κ1) is 19.1. The lowest BCUT2D eigenvalue weighted by molar-refractivity contribution is -0.122. The van der Waals surface area contributed by atoms with Crippen molar-refractivity contribution >= 4 is 12.1 Å². The molecule has 2 atom stereocenters. The second-order valence-electron chi connectivity index (χ2n) is 6.46. The second kappa shape index (κ2) is 9.30. The van der Waals surface area contributed by atoms with Gasteiger partial charge in [-0.2, -0.15) is 5.10 Å². The molecule has 2 aromatic rings. The van der Waals surface area contributed by atoms with Gasteiger partial charge in [-0.05, 0) is 48.6 Å². The maximum atomic E-state index is 12.3. The number of ether oxygens (including phenoxy) is 1. The van der Waals surface area contributed by atoms with Crippen molar-refractivity contribution in [3.8, 4) is 5.75 Å². The molecule has 6 nitrogen and oxygen atoms in total. The Balaban J connectivity index is 1.52. The number of hydrogen-bond acceptors (Lipinski definition) is 5. The largest absolute Gasteiger partial charge is 0.494 e. The van der Waals surface area contributed by atoms with Crippen molar-refractivity contribution in [1.29, 1.82) is 0 Å². The number of rotatable bonds is 7. The Labute approximate surface area is 160 Å². The summed E-state index contributed by atoms with van der Waals surface area (Å²) < 4.78 is 5.54. The minimum Gasteiger partial charge on any atom is -0.494 e. The summed E-state index contributed by atoms with van der Waals surface area (Å²) in [7, 11) is 0. The van der Waals surface area contributed by atoms with Crippen LogP contribution in [0.4, 0.5) is 0 Å². The van der Waals surface area contributed by atoms with E-state index in [1.807, 2.05) is 43.3 Å². The molecular weight excluding hydrogens is 340 g/mol. The van der Waals surface area contributed by atoms with Gasteiger partial charge in [-0.3, -0.25) is 4.79 Å². The molecule has 0 radical (unpaired) electrons. The molecule has 1 aliphatic heterocycles. The molecule has 0 spiro atoms. The minimum absolute atomic E-state index is 0.0479. The fourth-order valence-electron chi connectivity index (χ4n) is 3.02. The molecule has 3 rings (SSSR count). The zero-order valence-electron chi connectivity index (χ0n) is 15.7. The van der Waals surface area contributed by atoms with E-state index in [1.54, 1.807) is 6.21 Å². The summed E-state index contributed by atoms with van der Waals surface area (Å²) in [5, 5.41) is 4.07. The molecule has 1 fully saturated rings. The predicted molar refractivity (Wildman–Crippen MR) is 107 cm³/mol. The van der Waals surface area contributed by atoms with Gasteiger partial charge in [0.05, 0.1) is 12.8 Å². The van der Waals surface area contributed by atoms with Crippen LogP contribution in [0, 0.1) is 0 Å². The highest BCUT2D eigenvalue weighted by Crippen LogP contribution is 2.25. The summed E-state index contributed by atoms with van der Waals surface area (Å²) in [5.74, 6) is 0.677. The van der Waals surface area contributed by atoms with E-state index in [-0.39, 0.29) is 18.0 Å². The number of hydrogen-bond donors (Lipinski definition) is 3. The van der Waals surface area contributed by atoms with Crippen molar-refractivity contribution in [2.45, 2.75) is 38.8 Å². The number of hydrazine groups is 1.